The second-order valence-corrected chi connectivity index (χ2v) is 5.76. The highest BCUT2D eigenvalue weighted by molar-refractivity contribution is 6.01. The number of hydrogen-bond acceptors (Lipinski definition) is 3. The van der Waals surface area contributed by atoms with E-state index < -0.39 is 0 Å². The molecule has 0 radical (unpaired) electrons. The predicted molar refractivity (Wildman–Crippen MR) is 87.6 cm³/mol. The molecule has 3 rings (SSSR count). The zero-order chi connectivity index (χ0) is 15.0. The molecule has 21 heavy (non-hydrogen) atoms. The van der Waals surface area contributed by atoms with Crippen molar-refractivity contribution < 1.29 is 4.42 Å². The van der Waals surface area contributed by atoms with Crippen LogP contribution in [-0.4, -0.2) is 12.3 Å². The summed E-state index contributed by atoms with van der Waals surface area (Å²) in [6.07, 6.45) is 1.52. The second kappa shape index (κ2) is 5.24. The average molecular weight is 280 g/mol. The normalized spacial score (nSPS) is 14.9. The molecule has 2 N–H and O–H groups in total. The van der Waals surface area contributed by atoms with Crippen molar-refractivity contribution in [3.63, 3.8) is 0 Å². The highest BCUT2D eigenvalue weighted by Gasteiger charge is 2.15. The van der Waals surface area contributed by atoms with Crippen LogP contribution in [0, 0.1) is 0 Å². The molecule has 1 aromatic carbocycles. The Balaban J connectivity index is 1.89. The zero-order valence-corrected chi connectivity index (χ0v) is 12.6. The molecule has 0 atom stereocenters. The molecule has 0 amide bonds. The van der Waals surface area contributed by atoms with Crippen molar-refractivity contribution in [3.8, 4) is 0 Å². The lowest BCUT2D eigenvalue weighted by Crippen LogP contribution is -1.98. The van der Waals surface area contributed by atoms with Crippen molar-refractivity contribution in [2.45, 2.75) is 26.7 Å². The van der Waals surface area contributed by atoms with Gasteiger partial charge in [-0.1, -0.05) is 12.6 Å². The Kier molecular flexibility index (Phi) is 3.42. The molecule has 0 aliphatic carbocycles. The molecule has 3 nitrogen and oxygen atoms in total. The number of rotatable bonds is 4. The summed E-state index contributed by atoms with van der Waals surface area (Å²) in [4.78, 5) is 4.47. The zero-order valence-electron chi connectivity index (χ0n) is 12.6. The molecule has 0 bridgehead atoms. The van der Waals surface area contributed by atoms with Gasteiger partial charge in [-0.25, -0.2) is 0 Å². The lowest BCUT2D eigenvalue weighted by atomic mass is 10.0. The standard InChI is InChI=1S/C18H20N2O/c1-11-10-20-13(3)17(11)9-16-8-15-7-14(6-12(2)19)4-5-18(15)21-16/h4-5,7-8H,2,6,9-10,19H2,1,3H3. The Morgan fingerprint density at radius 1 is 1.33 bits per heavy atom. The number of benzene rings is 1. The molecule has 2 aromatic rings. The summed E-state index contributed by atoms with van der Waals surface area (Å²) in [5, 5.41) is 1.12. The van der Waals surface area contributed by atoms with Gasteiger partial charge in [-0.05, 0) is 48.8 Å². The van der Waals surface area contributed by atoms with Gasteiger partial charge in [0.05, 0.1) is 6.54 Å². The van der Waals surface area contributed by atoms with Gasteiger partial charge in [0, 0.05) is 29.6 Å². The minimum atomic E-state index is 0.677. The SMILES string of the molecule is C=C(N)Cc1ccc2oc(CC3=C(C)CN=C3C)cc2c1. The number of allylic oxidation sites excluding steroid dienone is 2. The van der Waals surface area contributed by atoms with Gasteiger partial charge < -0.3 is 10.2 Å². The van der Waals surface area contributed by atoms with Gasteiger partial charge in [-0.2, -0.15) is 0 Å². The number of aliphatic imine (C=N–C) groups is 1. The van der Waals surface area contributed by atoms with E-state index in [1.807, 2.05) is 12.1 Å². The lowest BCUT2D eigenvalue weighted by Gasteiger charge is -2.01. The summed E-state index contributed by atoms with van der Waals surface area (Å²) in [5.41, 5.74) is 12.2. The molecule has 3 heteroatoms. The van der Waals surface area contributed by atoms with Crippen LogP contribution in [0.2, 0.25) is 0 Å². The van der Waals surface area contributed by atoms with Crippen molar-refractivity contribution in [2.75, 3.05) is 6.54 Å². The van der Waals surface area contributed by atoms with Crippen molar-refractivity contribution >= 4 is 16.7 Å². The van der Waals surface area contributed by atoms with E-state index in [1.165, 1.54) is 11.1 Å². The first kappa shape index (κ1) is 13.7. The molecule has 2 heterocycles. The number of fused-ring (bicyclic) bond motifs is 1. The predicted octanol–water partition coefficient (Wildman–Crippen LogP) is 3.78. The van der Waals surface area contributed by atoms with E-state index >= 15 is 0 Å². The van der Waals surface area contributed by atoms with Gasteiger partial charge in [0.1, 0.15) is 11.3 Å². The quantitative estimate of drug-likeness (QED) is 0.926. The highest BCUT2D eigenvalue weighted by Crippen LogP contribution is 2.26. The summed E-state index contributed by atoms with van der Waals surface area (Å²) in [6.45, 7) is 8.79. The van der Waals surface area contributed by atoms with Gasteiger partial charge in [-0.3, -0.25) is 4.99 Å². The van der Waals surface area contributed by atoms with Crippen LogP contribution in [0.1, 0.15) is 25.2 Å². The largest absolute Gasteiger partial charge is 0.461 e. The van der Waals surface area contributed by atoms with Gasteiger partial charge in [0.25, 0.3) is 0 Å². The van der Waals surface area contributed by atoms with Crippen molar-refractivity contribution in [1.29, 1.82) is 0 Å². The molecule has 1 aliphatic heterocycles. The van der Waals surface area contributed by atoms with Gasteiger partial charge in [0.15, 0.2) is 0 Å². The third-order valence-corrected chi connectivity index (χ3v) is 3.92. The maximum Gasteiger partial charge on any atom is 0.134 e. The molecular formula is C18H20N2O. The summed E-state index contributed by atoms with van der Waals surface area (Å²) < 4.78 is 5.94. The fourth-order valence-corrected chi connectivity index (χ4v) is 2.80. The van der Waals surface area contributed by atoms with Crippen LogP contribution in [0.15, 0.2) is 57.1 Å². The van der Waals surface area contributed by atoms with E-state index in [0.717, 1.165) is 41.0 Å². The fraction of sp³-hybridized carbons (Fsp3) is 0.278. The van der Waals surface area contributed by atoms with Crippen LogP contribution in [0.3, 0.4) is 0 Å². The van der Waals surface area contributed by atoms with Gasteiger partial charge in [0.2, 0.25) is 0 Å². The molecule has 0 spiro atoms. The Labute approximate surface area is 124 Å². The number of furan rings is 1. The van der Waals surface area contributed by atoms with Gasteiger partial charge in [-0.15, -0.1) is 0 Å². The van der Waals surface area contributed by atoms with Crippen LogP contribution < -0.4 is 5.73 Å². The third kappa shape index (κ3) is 2.77. The van der Waals surface area contributed by atoms with Crippen molar-refractivity contribution in [3.05, 3.63) is 59.0 Å². The number of nitrogens with zero attached hydrogens (tertiary/aromatic N) is 1. The minimum absolute atomic E-state index is 0.677. The second-order valence-electron chi connectivity index (χ2n) is 5.76. The number of nitrogens with two attached hydrogens (primary N) is 1. The van der Waals surface area contributed by atoms with Gasteiger partial charge >= 0.3 is 0 Å². The Bertz CT molecular complexity index is 778. The van der Waals surface area contributed by atoms with E-state index in [4.69, 9.17) is 10.2 Å². The maximum atomic E-state index is 5.94. The van der Waals surface area contributed by atoms with E-state index in [-0.39, 0.29) is 0 Å². The summed E-state index contributed by atoms with van der Waals surface area (Å²) in [6, 6.07) is 8.29. The van der Waals surface area contributed by atoms with E-state index in [9.17, 15) is 0 Å². The molecule has 0 fully saturated rings. The van der Waals surface area contributed by atoms with E-state index in [2.05, 4.69) is 37.6 Å². The molecular weight excluding hydrogens is 260 g/mol. The van der Waals surface area contributed by atoms with Crippen LogP contribution in [-0.2, 0) is 12.8 Å². The first-order valence-electron chi connectivity index (χ1n) is 7.17. The van der Waals surface area contributed by atoms with Crippen molar-refractivity contribution in [1.82, 2.24) is 0 Å². The average Bonchev–Trinajstić information content (AvgIpc) is 2.95. The minimum Gasteiger partial charge on any atom is -0.461 e. The Morgan fingerprint density at radius 3 is 2.81 bits per heavy atom. The molecule has 108 valence electrons. The monoisotopic (exact) mass is 280 g/mol. The van der Waals surface area contributed by atoms with Crippen LogP contribution >= 0.6 is 0 Å². The molecule has 0 saturated heterocycles. The first-order chi connectivity index (χ1) is 10.0. The van der Waals surface area contributed by atoms with Crippen molar-refractivity contribution in [2.24, 2.45) is 10.7 Å². The number of hydrogen-bond donors (Lipinski definition) is 1. The molecule has 1 aromatic heterocycles. The Hall–Kier alpha value is -2.29. The third-order valence-electron chi connectivity index (χ3n) is 3.92. The van der Waals surface area contributed by atoms with Crippen LogP contribution in [0.4, 0.5) is 0 Å². The van der Waals surface area contributed by atoms with E-state index in [0.29, 0.717) is 12.1 Å². The molecule has 0 unspecified atom stereocenters. The van der Waals surface area contributed by atoms with Crippen LogP contribution in [0.25, 0.3) is 11.0 Å². The first-order valence-corrected chi connectivity index (χ1v) is 7.17. The fourth-order valence-electron chi connectivity index (χ4n) is 2.80. The van der Waals surface area contributed by atoms with E-state index in [1.54, 1.807) is 0 Å². The topological polar surface area (TPSA) is 51.5 Å². The summed E-state index contributed by atoms with van der Waals surface area (Å²) in [7, 11) is 0. The molecule has 1 aliphatic rings. The summed E-state index contributed by atoms with van der Waals surface area (Å²) >= 11 is 0. The lowest BCUT2D eigenvalue weighted by molar-refractivity contribution is 0.563. The highest BCUT2D eigenvalue weighted by atomic mass is 16.3. The maximum absolute atomic E-state index is 5.94. The van der Waals surface area contributed by atoms with Crippen LogP contribution in [0.5, 0.6) is 0 Å². The molecule has 0 saturated carbocycles. The smallest absolute Gasteiger partial charge is 0.134 e. The Morgan fingerprint density at radius 2 is 2.14 bits per heavy atom. The summed E-state index contributed by atoms with van der Waals surface area (Å²) in [5.74, 6) is 0.986.